The molecular weight excluding hydrogens is 389 g/mol. The van der Waals surface area contributed by atoms with E-state index in [9.17, 15) is 0 Å². The van der Waals surface area contributed by atoms with E-state index in [1.807, 2.05) is 12.1 Å². The minimum Gasteiger partial charge on any atom is -0.458 e. The van der Waals surface area contributed by atoms with Crippen molar-refractivity contribution < 1.29 is 4.74 Å². The average Bonchev–Trinajstić information content (AvgIpc) is 2.81. The second-order valence-electron chi connectivity index (χ2n) is 7.85. The molecule has 32 heavy (non-hydrogen) atoms. The maximum absolute atomic E-state index is 5.67. The summed E-state index contributed by atoms with van der Waals surface area (Å²) in [5.41, 5.74) is 8.15. The number of benzene rings is 4. The van der Waals surface area contributed by atoms with Gasteiger partial charge in [0.05, 0.1) is 0 Å². The molecule has 0 saturated heterocycles. The standard InChI is InChI=1S/C29H26BNO/c1-4-22(3)32-29-18-16-27(17-19-29)31(28-7-5-6-25(30)20-28)26-14-12-24(13-15-26)23-10-8-21(2)9-11-23/h4-20H,1,3,30H2,2H3. The first-order chi connectivity index (χ1) is 15.5. The van der Waals surface area contributed by atoms with Crippen molar-refractivity contribution in [3.8, 4) is 16.9 Å². The van der Waals surface area contributed by atoms with Crippen molar-refractivity contribution in [1.29, 1.82) is 0 Å². The lowest BCUT2D eigenvalue weighted by atomic mass is 9.95. The summed E-state index contributed by atoms with van der Waals surface area (Å²) in [4.78, 5) is 2.25. The number of ether oxygens (including phenoxy) is 1. The highest BCUT2D eigenvalue weighted by Crippen LogP contribution is 2.36. The predicted octanol–water partition coefficient (Wildman–Crippen LogP) is 6.47. The van der Waals surface area contributed by atoms with Gasteiger partial charge in [-0.1, -0.05) is 72.7 Å². The van der Waals surface area contributed by atoms with E-state index in [2.05, 4.69) is 118 Å². The van der Waals surface area contributed by atoms with Crippen molar-refractivity contribution >= 4 is 30.4 Å². The van der Waals surface area contributed by atoms with Crippen LogP contribution in [0.15, 0.2) is 122 Å². The molecule has 4 aromatic rings. The van der Waals surface area contributed by atoms with Crippen LogP contribution in [0.5, 0.6) is 5.75 Å². The van der Waals surface area contributed by atoms with Gasteiger partial charge in [0.15, 0.2) is 0 Å². The summed E-state index contributed by atoms with van der Waals surface area (Å²) >= 11 is 0. The van der Waals surface area contributed by atoms with Gasteiger partial charge in [-0.05, 0) is 72.7 Å². The van der Waals surface area contributed by atoms with Gasteiger partial charge in [-0.15, -0.1) is 0 Å². The molecule has 0 aromatic heterocycles. The molecule has 0 aliphatic carbocycles. The van der Waals surface area contributed by atoms with Gasteiger partial charge < -0.3 is 9.64 Å². The smallest absolute Gasteiger partial charge is 0.139 e. The lowest BCUT2D eigenvalue weighted by molar-refractivity contribution is 0.447. The summed E-state index contributed by atoms with van der Waals surface area (Å²) in [6.07, 6.45) is 1.60. The lowest BCUT2D eigenvalue weighted by Crippen LogP contribution is -2.12. The molecule has 3 heteroatoms. The number of hydrogen-bond donors (Lipinski definition) is 0. The zero-order valence-electron chi connectivity index (χ0n) is 18.6. The Morgan fingerprint density at radius 3 is 1.91 bits per heavy atom. The van der Waals surface area contributed by atoms with Crippen molar-refractivity contribution in [2.24, 2.45) is 0 Å². The van der Waals surface area contributed by atoms with Crippen molar-refractivity contribution in [2.75, 3.05) is 4.90 Å². The van der Waals surface area contributed by atoms with Gasteiger partial charge in [-0.25, -0.2) is 0 Å². The summed E-state index contributed by atoms with van der Waals surface area (Å²) in [6.45, 7) is 9.62. The summed E-state index contributed by atoms with van der Waals surface area (Å²) in [6, 6.07) is 33.8. The molecule has 0 aliphatic heterocycles. The molecule has 0 aliphatic rings. The average molecular weight is 415 g/mol. The molecule has 4 rings (SSSR count). The van der Waals surface area contributed by atoms with E-state index in [-0.39, 0.29) is 0 Å². The number of rotatable bonds is 7. The Morgan fingerprint density at radius 1 is 0.781 bits per heavy atom. The van der Waals surface area contributed by atoms with E-state index < -0.39 is 0 Å². The van der Waals surface area contributed by atoms with Gasteiger partial charge in [0, 0.05) is 17.1 Å². The van der Waals surface area contributed by atoms with Crippen LogP contribution >= 0.6 is 0 Å². The van der Waals surface area contributed by atoms with E-state index in [1.54, 1.807) is 6.08 Å². The lowest BCUT2D eigenvalue weighted by Gasteiger charge is -2.26. The van der Waals surface area contributed by atoms with Gasteiger partial charge >= 0.3 is 0 Å². The van der Waals surface area contributed by atoms with Crippen LogP contribution in [0.1, 0.15) is 5.56 Å². The highest BCUT2D eigenvalue weighted by atomic mass is 16.5. The predicted molar refractivity (Wildman–Crippen MR) is 139 cm³/mol. The van der Waals surface area contributed by atoms with E-state index in [4.69, 9.17) is 4.74 Å². The first-order valence-corrected chi connectivity index (χ1v) is 10.7. The van der Waals surface area contributed by atoms with E-state index in [0.717, 1.165) is 22.8 Å². The maximum Gasteiger partial charge on any atom is 0.139 e. The van der Waals surface area contributed by atoms with E-state index in [0.29, 0.717) is 5.76 Å². The highest BCUT2D eigenvalue weighted by molar-refractivity contribution is 6.32. The third kappa shape index (κ3) is 4.84. The molecule has 0 atom stereocenters. The zero-order chi connectivity index (χ0) is 22.5. The third-order valence-electron chi connectivity index (χ3n) is 5.34. The van der Waals surface area contributed by atoms with Gasteiger partial charge in [0.25, 0.3) is 0 Å². The first-order valence-electron chi connectivity index (χ1n) is 10.7. The van der Waals surface area contributed by atoms with Gasteiger partial charge in [0.2, 0.25) is 0 Å². The quantitative estimate of drug-likeness (QED) is 0.195. The molecule has 4 aromatic carbocycles. The van der Waals surface area contributed by atoms with Crippen LogP contribution in [0.4, 0.5) is 17.1 Å². The van der Waals surface area contributed by atoms with E-state index in [1.165, 1.54) is 22.2 Å². The van der Waals surface area contributed by atoms with Gasteiger partial charge in [-0.3, -0.25) is 0 Å². The fourth-order valence-corrected chi connectivity index (χ4v) is 3.62. The first kappa shape index (κ1) is 21.3. The largest absolute Gasteiger partial charge is 0.458 e. The van der Waals surface area contributed by atoms with Crippen molar-refractivity contribution in [3.05, 3.63) is 128 Å². The van der Waals surface area contributed by atoms with Crippen LogP contribution in [-0.2, 0) is 0 Å². The Bertz CT molecular complexity index is 1230. The molecular formula is C29H26BNO. The van der Waals surface area contributed by atoms with Crippen LogP contribution in [0.2, 0.25) is 0 Å². The summed E-state index contributed by atoms with van der Waals surface area (Å²) < 4.78 is 5.67. The molecule has 0 bridgehead atoms. The van der Waals surface area contributed by atoms with Crippen molar-refractivity contribution in [2.45, 2.75) is 6.92 Å². The topological polar surface area (TPSA) is 12.5 Å². The second-order valence-corrected chi connectivity index (χ2v) is 7.85. The zero-order valence-corrected chi connectivity index (χ0v) is 18.6. The number of hydrogen-bond acceptors (Lipinski definition) is 2. The highest BCUT2D eigenvalue weighted by Gasteiger charge is 2.13. The molecule has 156 valence electrons. The minimum atomic E-state index is 0.528. The Morgan fingerprint density at radius 2 is 1.34 bits per heavy atom. The Balaban J connectivity index is 1.71. The Labute approximate surface area is 191 Å². The summed E-state index contributed by atoms with van der Waals surface area (Å²) in [5.74, 6) is 1.26. The molecule has 0 radical (unpaired) electrons. The monoisotopic (exact) mass is 415 g/mol. The normalized spacial score (nSPS) is 10.4. The van der Waals surface area contributed by atoms with E-state index >= 15 is 0 Å². The molecule has 0 fully saturated rings. The van der Waals surface area contributed by atoms with Gasteiger partial charge in [0.1, 0.15) is 19.4 Å². The molecule has 0 heterocycles. The fourth-order valence-electron chi connectivity index (χ4n) is 3.62. The van der Waals surface area contributed by atoms with Crippen LogP contribution < -0.4 is 15.1 Å². The van der Waals surface area contributed by atoms with Gasteiger partial charge in [-0.2, -0.15) is 0 Å². The minimum absolute atomic E-state index is 0.528. The summed E-state index contributed by atoms with van der Waals surface area (Å²) in [5, 5.41) is 0. The fraction of sp³-hybridized carbons (Fsp3) is 0.0345. The number of nitrogens with zero attached hydrogens (tertiary/aromatic N) is 1. The van der Waals surface area contributed by atoms with Crippen LogP contribution in [0.3, 0.4) is 0 Å². The van der Waals surface area contributed by atoms with Crippen molar-refractivity contribution in [3.63, 3.8) is 0 Å². The van der Waals surface area contributed by atoms with Crippen LogP contribution in [0, 0.1) is 6.92 Å². The van der Waals surface area contributed by atoms with Crippen LogP contribution in [-0.4, -0.2) is 7.85 Å². The summed E-state index contributed by atoms with van der Waals surface area (Å²) in [7, 11) is 2.11. The molecule has 0 spiro atoms. The van der Waals surface area contributed by atoms with Crippen molar-refractivity contribution in [1.82, 2.24) is 0 Å². The Hall–Kier alpha value is -3.98. The molecule has 2 nitrogen and oxygen atoms in total. The second kappa shape index (κ2) is 9.44. The number of anilines is 3. The number of aryl methyl sites for hydroxylation is 1. The molecule has 0 saturated carbocycles. The molecule has 0 amide bonds. The maximum atomic E-state index is 5.67. The van der Waals surface area contributed by atoms with Crippen LogP contribution in [0.25, 0.3) is 11.1 Å². The third-order valence-corrected chi connectivity index (χ3v) is 5.34. The molecule has 0 N–H and O–H groups in total. The molecule has 0 unspecified atom stereocenters. The Kier molecular flexibility index (Phi) is 6.28. The number of allylic oxidation sites excluding steroid dienone is 1. The SMILES string of the molecule is Bc1cccc(N(c2ccc(OC(=C)C=C)cc2)c2ccc(-c3ccc(C)cc3)cc2)c1.